The van der Waals surface area contributed by atoms with E-state index in [9.17, 15) is 4.39 Å². The predicted octanol–water partition coefficient (Wildman–Crippen LogP) is 2.47. The van der Waals surface area contributed by atoms with Gasteiger partial charge in [0.15, 0.2) is 5.82 Å². The topological polar surface area (TPSA) is 93.6 Å². The van der Waals surface area contributed by atoms with Gasteiger partial charge < -0.3 is 10.3 Å². The molecule has 0 amide bonds. The first-order valence-corrected chi connectivity index (χ1v) is 6.71. The maximum Gasteiger partial charge on any atom is 0.276 e. The second-order valence-electron chi connectivity index (χ2n) is 3.96. The number of benzene rings is 1. The third kappa shape index (κ3) is 2.80. The van der Waals surface area contributed by atoms with Crippen molar-refractivity contribution in [2.45, 2.75) is 10.6 Å². The van der Waals surface area contributed by atoms with Crippen molar-refractivity contribution in [2.24, 2.45) is 0 Å². The average Bonchev–Trinajstić information content (AvgIpc) is 3.07. The zero-order valence-electron chi connectivity index (χ0n) is 10.2. The van der Waals surface area contributed by atoms with Crippen LogP contribution < -0.4 is 5.73 Å². The lowest BCUT2D eigenvalue weighted by atomic mass is 10.4. The van der Waals surface area contributed by atoms with E-state index < -0.39 is 0 Å². The molecule has 0 aliphatic heterocycles. The zero-order chi connectivity index (χ0) is 13.9. The Morgan fingerprint density at radius 1 is 1.30 bits per heavy atom. The maximum atomic E-state index is 12.8. The highest BCUT2D eigenvalue weighted by Gasteiger charge is 2.11. The Hall–Kier alpha value is -2.35. The summed E-state index contributed by atoms with van der Waals surface area (Å²) in [6.07, 6.45) is 0. The molecule has 3 aromatic rings. The molecule has 0 unspecified atom stereocenters. The lowest BCUT2D eigenvalue weighted by Crippen LogP contribution is -1.84. The van der Waals surface area contributed by atoms with Crippen molar-refractivity contribution in [2.75, 3.05) is 5.73 Å². The Bertz CT molecular complexity index is 709. The van der Waals surface area contributed by atoms with Crippen LogP contribution in [0.5, 0.6) is 0 Å². The van der Waals surface area contributed by atoms with Crippen molar-refractivity contribution < 1.29 is 8.91 Å². The third-order valence-electron chi connectivity index (χ3n) is 2.48. The molecule has 1 aromatic carbocycles. The lowest BCUT2D eigenvalue weighted by molar-refractivity contribution is 0.424. The summed E-state index contributed by atoms with van der Waals surface area (Å²) in [5.74, 6) is 1.51. The summed E-state index contributed by atoms with van der Waals surface area (Å²) in [7, 11) is 0. The number of thioether (sulfide) groups is 1. The van der Waals surface area contributed by atoms with Crippen LogP contribution in [0.3, 0.4) is 0 Å². The molecule has 3 rings (SSSR count). The second kappa shape index (κ2) is 5.33. The van der Waals surface area contributed by atoms with Gasteiger partial charge in [-0.1, -0.05) is 5.16 Å². The van der Waals surface area contributed by atoms with E-state index in [1.54, 1.807) is 18.2 Å². The average molecular weight is 291 g/mol. The van der Waals surface area contributed by atoms with Crippen LogP contribution in [0.2, 0.25) is 0 Å². The van der Waals surface area contributed by atoms with E-state index in [1.807, 2.05) is 0 Å². The first-order chi connectivity index (χ1) is 9.70. The van der Waals surface area contributed by atoms with Gasteiger partial charge >= 0.3 is 0 Å². The molecule has 20 heavy (non-hydrogen) atoms. The molecule has 2 aromatic heterocycles. The van der Waals surface area contributed by atoms with Gasteiger partial charge in [0.1, 0.15) is 17.3 Å². The molecule has 0 bridgehead atoms. The van der Waals surface area contributed by atoms with E-state index in [0.717, 1.165) is 4.90 Å². The van der Waals surface area contributed by atoms with Crippen molar-refractivity contribution in [1.29, 1.82) is 0 Å². The zero-order valence-corrected chi connectivity index (χ0v) is 11.0. The standard InChI is InChI=1S/C12H10FN5OS/c13-7-1-3-8(4-2-7)20-6-11-15-12(19-18-11)9-5-10(14)17-16-9/h1-5H,6H2,(H3,14,16,17). The van der Waals surface area contributed by atoms with E-state index in [0.29, 0.717) is 29.0 Å². The molecule has 0 saturated heterocycles. The number of anilines is 1. The molecule has 6 nitrogen and oxygen atoms in total. The van der Waals surface area contributed by atoms with Gasteiger partial charge in [-0.15, -0.1) is 11.8 Å². The molecule has 3 N–H and O–H groups in total. The lowest BCUT2D eigenvalue weighted by Gasteiger charge is -1.97. The van der Waals surface area contributed by atoms with Crippen LogP contribution in [0, 0.1) is 5.82 Å². The quantitative estimate of drug-likeness (QED) is 0.717. The van der Waals surface area contributed by atoms with Crippen molar-refractivity contribution in [3.63, 3.8) is 0 Å². The Kier molecular flexibility index (Phi) is 3.38. The second-order valence-corrected chi connectivity index (χ2v) is 5.01. The summed E-state index contributed by atoms with van der Waals surface area (Å²) in [5.41, 5.74) is 6.08. The number of rotatable bonds is 4. The Balaban J connectivity index is 1.67. The number of aromatic nitrogens is 4. The van der Waals surface area contributed by atoms with Crippen molar-refractivity contribution >= 4 is 17.6 Å². The normalized spacial score (nSPS) is 10.8. The molecular formula is C12H10FN5OS. The smallest absolute Gasteiger partial charge is 0.276 e. The van der Waals surface area contributed by atoms with E-state index >= 15 is 0 Å². The number of halogens is 1. The minimum Gasteiger partial charge on any atom is -0.382 e. The fourth-order valence-electron chi connectivity index (χ4n) is 1.55. The number of hydrogen-bond acceptors (Lipinski definition) is 6. The maximum absolute atomic E-state index is 12.8. The summed E-state index contributed by atoms with van der Waals surface area (Å²) < 4.78 is 17.9. The summed E-state index contributed by atoms with van der Waals surface area (Å²) in [6, 6.07) is 7.85. The highest BCUT2D eigenvalue weighted by molar-refractivity contribution is 7.98. The molecule has 2 heterocycles. The van der Waals surface area contributed by atoms with Crippen LogP contribution in [0.15, 0.2) is 39.8 Å². The first kappa shape index (κ1) is 12.7. The number of nitrogen functional groups attached to an aromatic ring is 1. The molecule has 102 valence electrons. The molecule has 0 spiro atoms. The number of nitrogens with two attached hydrogens (primary N) is 1. The molecule has 0 saturated carbocycles. The minimum absolute atomic E-state index is 0.256. The van der Waals surface area contributed by atoms with Gasteiger partial charge in [-0.05, 0) is 24.3 Å². The molecule has 0 aliphatic rings. The number of nitrogens with one attached hydrogen (secondary N) is 1. The fraction of sp³-hybridized carbons (Fsp3) is 0.0833. The van der Waals surface area contributed by atoms with Gasteiger partial charge in [-0.2, -0.15) is 10.1 Å². The third-order valence-corrected chi connectivity index (χ3v) is 3.49. The Labute approximate surface area is 117 Å². The molecule has 8 heteroatoms. The largest absolute Gasteiger partial charge is 0.382 e. The molecule has 0 radical (unpaired) electrons. The van der Waals surface area contributed by atoms with Gasteiger partial charge in [0.25, 0.3) is 5.89 Å². The van der Waals surface area contributed by atoms with Gasteiger partial charge in [-0.3, -0.25) is 5.10 Å². The number of hydrogen-bond donors (Lipinski definition) is 2. The Morgan fingerprint density at radius 3 is 2.80 bits per heavy atom. The Morgan fingerprint density at radius 2 is 2.10 bits per heavy atom. The van der Waals surface area contributed by atoms with Crippen LogP contribution >= 0.6 is 11.8 Å². The van der Waals surface area contributed by atoms with Crippen molar-refractivity contribution in [1.82, 2.24) is 20.3 Å². The summed E-state index contributed by atoms with van der Waals surface area (Å²) in [4.78, 5) is 5.16. The highest BCUT2D eigenvalue weighted by atomic mass is 32.2. The van der Waals surface area contributed by atoms with Crippen LogP contribution in [0.4, 0.5) is 10.2 Å². The molecule has 0 aliphatic carbocycles. The van der Waals surface area contributed by atoms with Crippen molar-refractivity contribution in [3.05, 3.63) is 42.0 Å². The first-order valence-electron chi connectivity index (χ1n) is 5.73. The van der Waals surface area contributed by atoms with E-state index in [2.05, 4.69) is 20.3 Å². The van der Waals surface area contributed by atoms with Crippen LogP contribution in [0.1, 0.15) is 5.82 Å². The molecular weight excluding hydrogens is 281 g/mol. The van der Waals surface area contributed by atoms with E-state index in [-0.39, 0.29) is 5.82 Å². The summed E-state index contributed by atoms with van der Waals surface area (Å²) in [6.45, 7) is 0. The van der Waals surface area contributed by atoms with Crippen molar-refractivity contribution in [3.8, 4) is 11.6 Å². The monoisotopic (exact) mass is 291 g/mol. The van der Waals surface area contributed by atoms with Gasteiger partial charge in [0.05, 0.1) is 5.75 Å². The van der Waals surface area contributed by atoms with Crippen LogP contribution in [0.25, 0.3) is 11.6 Å². The van der Waals surface area contributed by atoms with Gasteiger partial charge in [0, 0.05) is 11.0 Å². The van der Waals surface area contributed by atoms with Gasteiger partial charge in [0.2, 0.25) is 0 Å². The minimum atomic E-state index is -0.256. The highest BCUT2D eigenvalue weighted by Crippen LogP contribution is 2.23. The van der Waals surface area contributed by atoms with E-state index in [4.69, 9.17) is 10.3 Å². The molecule has 0 fully saturated rings. The predicted molar refractivity (Wildman–Crippen MR) is 72.3 cm³/mol. The van der Waals surface area contributed by atoms with Gasteiger partial charge in [-0.25, -0.2) is 4.39 Å². The van der Waals surface area contributed by atoms with Crippen LogP contribution in [-0.2, 0) is 5.75 Å². The number of H-pyrrole nitrogens is 1. The van der Waals surface area contributed by atoms with Crippen LogP contribution in [-0.4, -0.2) is 20.3 Å². The number of aromatic amines is 1. The summed E-state index contributed by atoms with van der Waals surface area (Å²) >= 11 is 1.49. The molecule has 0 atom stereocenters. The summed E-state index contributed by atoms with van der Waals surface area (Å²) in [5, 5.41) is 10.3. The fourth-order valence-corrected chi connectivity index (χ4v) is 2.29. The SMILES string of the molecule is Nc1cc(-c2nc(CSc3ccc(F)cc3)no2)[nH]n1. The number of nitrogens with zero attached hydrogens (tertiary/aromatic N) is 3. The van der Waals surface area contributed by atoms with E-state index in [1.165, 1.54) is 23.9 Å².